The van der Waals surface area contributed by atoms with Gasteiger partial charge in [0.1, 0.15) is 0 Å². The lowest BCUT2D eigenvalue weighted by molar-refractivity contribution is -0.114. The summed E-state index contributed by atoms with van der Waals surface area (Å²) in [5.74, 6) is -0.0980. The minimum atomic E-state index is -0.105. The Hall–Kier alpha value is -2.08. The van der Waals surface area contributed by atoms with Crippen LogP contribution in [0.1, 0.15) is 38.3 Å². The van der Waals surface area contributed by atoms with Crippen LogP contribution in [0.3, 0.4) is 0 Å². The van der Waals surface area contributed by atoms with Gasteiger partial charge < -0.3 is 20.4 Å². The zero-order chi connectivity index (χ0) is 17.1. The topological polar surface area (TPSA) is 64.7 Å². The quantitative estimate of drug-likeness (QED) is 0.893. The molecule has 3 fully saturated rings. The fraction of sp³-hybridized carbons (Fsp3) is 0.556. The van der Waals surface area contributed by atoms with E-state index in [4.69, 9.17) is 0 Å². The lowest BCUT2D eigenvalue weighted by atomic mass is 10.1. The molecule has 6 heteroatoms. The van der Waals surface area contributed by atoms with Crippen molar-refractivity contribution in [3.05, 3.63) is 29.8 Å². The van der Waals surface area contributed by atoms with Gasteiger partial charge in [-0.05, 0) is 37.5 Å². The minimum absolute atomic E-state index is 0.0150. The molecule has 24 heavy (non-hydrogen) atoms. The van der Waals surface area contributed by atoms with Crippen LogP contribution in [0.2, 0.25) is 0 Å². The molecule has 1 atom stereocenters. The Labute approximate surface area is 143 Å². The number of hydrogen-bond donors (Lipinski definition) is 2. The maximum atomic E-state index is 12.7. The molecule has 1 unspecified atom stereocenters. The molecule has 3 heterocycles. The number of amides is 3. The highest BCUT2D eigenvalue weighted by Crippen LogP contribution is 2.22. The SMILES string of the molecule is CC(=O)Nc1cccc(C(C)NC(=O)N2CCN3CCC2CC3)c1. The summed E-state index contributed by atoms with van der Waals surface area (Å²) in [6.45, 7) is 7.43. The van der Waals surface area contributed by atoms with E-state index in [1.807, 2.05) is 36.1 Å². The number of hydrogen-bond acceptors (Lipinski definition) is 3. The van der Waals surface area contributed by atoms with E-state index < -0.39 is 0 Å². The molecule has 0 saturated carbocycles. The molecule has 130 valence electrons. The molecule has 3 aliphatic rings. The van der Waals surface area contributed by atoms with Crippen LogP contribution in [0.15, 0.2) is 24.3 Å². The maximum Gasteiger partial charge on any atom is 0.318 e. The van der Waals surface area contributed by atoms with Gasteiger partial charge >= 0.3 is 6.03 Å². The van der Waals surface area contributed by atoms with E-state index in [0.717, 1.165) is 50.3 Å². The van der Waals surface area contributed by atoms with E-state index >= 15 is 0 Å². The Balaban J connectivity index is 1.64. The van der Waals surface area contributed by atoms with Gasteiger partial charge in [0.25, 0.3) is 0 Å². The van der Waals surface area contributed by atoms with Crippen molar-refractivity contribution in [1.82, 2.24) is 15.1 Å². The first-order chi connectivity index (χ1) is 11.5. The first-order valence-corrected chi connectivity index (χ1v) is 8.70. The second-order valence-corrected chi connectivity index (χ2v) is 6.74. The monoisotopic (exact) mass is 330 g/mol. The second kappa shape index (κ2) is 7.21. The third kappa shape index (κ3) is 3.87. The summed E-state index contributed by atoms with van der Waals surface area (Å²) in [5, 5.41) is 5.89. The van der Waals surface area contributed by atoms with Crippen molar-refractivity contribution in [1.29, 1.82) is 0 Å². The molecule has 1 aromatic carbocycles. The number of anilines is 1. The third-order valence-electron chi connectivity index (χ3n) is 4.96. The number of urea groups is 1. The number of carbonyl (C=O) groups excluding carboxylic acids is 2. The van der Waals surface area contributed by atoms with Crippen molar-refractivity contribution in [2.75, 3.05) is 31.5 Å². The van der Waals surface area contributed by atoms with E-state index in [2.05, 4.69) is 15.5 Å². The van der Waals surface area contributed by atoms with Crippen LogP contribution in [-0.4, -0.2) is 54.0 Å². The lowest BCUT2D eigenvalue weighted by Crippen LogP contribution is -2.47. The normalized spacial score (nSPS) is 24.2. The summed E-state index contributed by atoms with van der Waals surface area (Å²) in [7, 11) is 0. The van der Waals surface area contributed by atoms with E-state index in [-0.39, 0.29) is 18.0 Å². The van der Waals surface area contributed by atoms with Crippen LogP contribution in [0.25, 0.3) is 0 Å². The van der Waals surface area contributed by atoms with Gasteiger partial charge in [-0.2, -0.15) is 0 Å². The van der Waals surface area contributed by atoms with Crippen LogP contribution in [-0.2, 0) is 4.79 Å². The predicted molar refractivity (Wildman–Crippen MR) is 93.9 cm³/mol. The van der Waals surface area contributed by atoms with Crippen LogP contribution >= 0.6 is 0 Å². The molecule has 0 aliphatic carbocycles. The van der Waals surface area contributed by atoms with Crippen LogP contribution in [0.4, 0.5) is 10.5 Å². The molecule has 3 saturated heterocycles. The zero-order valence-corrected chi connectivity index (χ0v) is 14.4. The Bertz CT molecular complexity index is 611. The van der Waals surface area contributed by atoms with E-state index in [1.54, 1.807) is 0 Å². The minimum Gasteiger partial charge on any atom is -0.331 e. The first kappa shape index (κ1) is 16.8. The number of piperidine rings is 1. The summed E-state index contributed by atoms with van der Waals surface area (Å²) >= 11 is 0. The highest BCUT2D eigenvalue weighted by Gasteiger charge is 2.32. The Kier molecular flexibility index (Phi) is 5.04. The van der Waals surface area contributed by atoms with E-state index in [1.165, 1.54) is 6.92 Å². The highest BCUT2D eigenvalue weighted by molar-refractivity contribution is 5.88. The molecule has 3 aliphatic heterocycles. The molecule has 0 spiro atoms. The zero-order valence-electron chi connectivity index (χ0n) is 14.4. The number of benzene rings is 1. The fourth-order valence-electron chi connectivity index (χ4n) is 3.59. The van der Waals surface area contributed by atoms with Crippen molar-refractivity contribution in [3.63, 3.8) is 0 Å². The van der Waals surface area contributed by atoms with Gasteiger partial charge in [0, 0.05) is 44.8 Å². The van der Waals surface area contributed by atoms with Gasteiger partial charge in [0.15, 0.2) is 0 Å². The molecule has 1 aromatic rings. The van der Waals surface area contributed by atoms with Gasteiger partial charge in [0.2, 0.25) is 5.91 Å². The Morgan fingerprint density at radius 1 is 1.17 bits per heavy atom. The second-order valence-electron chi connectivity index (χ2n) is 6.74. The molecule has 2 bridgehead atoms. The number of nitrogens with one attached hydrogen (secondary N) is 2. The maximum absolute atomic E-state index is 12.7. The fourth-order valence-corrected chi connectivity index (χ4v) is 3.59. The van der Waals surface area contributed by atoms with Crippen molar-refractivity contribution in [2.24, 2.45) is 0 Å². The average Bonchev–Trinajstić information content (AvgIpc) is 2.88. The molecule has 3 amide bonds. The van der Waals surface area contributed by atoms with Crippen molar-refractivity contribution in [2.45, 2.75) is 38.8 Å². The molecule has 0 aromatic heterocycles. The number of fused-ring (bicyclic) bond motifs is 4. The Morgan fingerprint density at radius 2 is 1.92 bits per heavy atom. The number of nitrogens with zero attached hydrogens (tertiary/aromatic N) is 2. The van der Waals surface area contributed by atoms with Gasteiger partial charge in [-0.3, -0.25) is 4.79 Å². The van der Waals surface area contributed by atoms with E-state index in [0.29, 0.717) is 6.04 Å². The van der Waals surface area contributed by atoms with E-state index in [9.17, 15) is 9.59 Å². The number of rotatable bonds is 3. The Morgan fingerprint density at radius 3 is 2.62 bits per heavy atom. The van der Waals surface area contributed by atoms with Crippen molar-refractivity contribution >= 4 is 17.6 Å². The predicted octanol–water partition coefficient (Wildman–Crippen LogP) is 2.20. The van der Waals surface area contributed by atoms with Crippen molar-refractivity contribution in [3.8, 4) is 0 Å². The molecule has 2 N–H and O–H groups in total. The lowest BCUT2D eigenvalue weighted by Gasteiger charge is -2.32. The smallest absolute Gasteiger partial charge is 0.318 e. The summed E-state index contributed by atoms with van der Waals surface area (Å²) in [6, 6.07) is 7.89. The van der Waals surface area contributed by atoms with Crippen LogP contribution in [0, 0.1) is 0 Å². The summed E-state index contributed by atoms with van der Waals surface area (Å²) in [6.07, 6.45) is 2.14. The van der Waals surface area contributed by atoms with Crippen LogP contribution < -0.4 is 10.6 Å². The van der Waals surface area contributed by atoms with Gasteiger partial charge in [-0.25, -0.2) is 4.79 Å². The standard InChI is InChI=1S/C18H26N4O2/c1-13(15-4-3-5-16(12-15)20-14(2)23)19-18(24)22-11-10-21-8-6-17(22)7-9-21/h3-5,12-13,17H,6-11H2,1-2H3,(H,19,24)(H,20,23). The van der Waals surface area contributed by atoms with Crippen LogP contribution in [0.5, 0.6) is 0 Å². The third-order valence-corrected chi connectivity index (χ3v) is 4.96. The van der Waals surface area contributed by atoms with Gasteiger partial charge in [-0.1, -0.05) is 12.1 Å². The van der Waals surface area contributed by atoms with Crippen molar-refractivity contribution < 1.29 is 9.59 Å². The van der Waals surface area contributed by atoms with Gasteiger partial charge in [0.05, 0.1) is 6.04 Å². The summed E-state index contributed by atoms with van der Waals surface area (Å²) in [5.41, 5.74) is 1.74. The summed E-state index contributed by atoms with van der Waals surface area (Å²) in [4.78, 5) is 28.3. The summed E-state index contributed by atoms with van der Waals surface area (Å²) < 4.78 is 0. The average molecular weight is 330 g/mol. The van der Waals surface area contributed by atoms with Gasteiger partial charge in [-0.15, -0.1) is 0 Å². The molecular formula is C18H26N4O2. The number of carbonyl (C=O) groups is 2. The molecule has 6 nitrogen and oxygen atoms in total. The largest absolute Gasteiger partial charge is 0.331 e. The molecule has 0 radical (unpaired) electrons. The first-order valence-electron chi connectivity index (χ1n) is 8.70. The highest BCUT2D eigenvalue weighted by atomic mass is 16.2. The molecule has 4 rings (SSSR count). The molecular weight excluding hydrogens is 304 g/mol.